The highest BCUT2D eigenvalue weighted by atomic mass is 16.6. The van der Waals surface area contributed by atoms with E-state index < -0.39 is 0 Å². The standard InChI is InChI=1S/C15H14N4O2/c1-9-10(7-14-15(17-9)19-21-18-14)6-11-2-3-13(8-16-11)20-12-4-5-12/h2-3,7-8,12H,4-6H2,1H3. The molecule has 1 aliphatic rings. The third-order valence-electron chi connectivity index (χ3n) is 3.54. The molecule has 0 N–H and O–H groups in total. The van der Waals surface area contributed by atoms with E-state index in [1.165, 1.54) is 0 Å². The number of hydrogen-bond acceptors (Lipinski definition) is 6. The molecule has 6 heteroatoms. The van der Waals surface area contributed by atoms with Gasteiger partial charge in [-0.15, -0.1) is 0 Å². The Morgan fingerprint density at radius 2 is 2.19 bits per heavy atom. The van der Waals surface area contributed by atoms with Crippen LogP contribution in [0.15, 0.2) is 29.0 Å². The molecule has 0 amide bonds. The first-order valence-corrected chi connectivity index (χ1v) is 6.98. The zero-order chi connectivity index (χ0) is 14.2. The van der Waals surface area contributed by atoms with Crippen molar-refractivity contribution in [1.82, 2.24) is 20.3 Å². The predicted octanol–water partition coefficient (Wildman–Crippen LogP) is 2.45. The Labute approximate surface area is 121 Å². The smallest absolute Gasteiger partial charge is 0.224 e. The van der Waals surface area contributed by atoms with Gasteiger partial charge in [0.2, 0.25) is 5.65 Å². The monoisotopic (exact) mass is 282 g/mol. The van der Waals surface area contributed by atoms with Crippen LogP contribution in [0.5, 0.6) is 5.75 Å². The number of fused-ring (bicyclic) bond motifs is 1. The van der Waals surface area contributed by atoms with Crippen molar-refractivity contribution in [3.63, 3.8) is 0 Å². The Morgan fingerprint density at radius 3 is 2.95 bits per heavy atom. The molecule has 0 atom stereocenters. The van der Waals surface area contributed by atoms with Gasteiger partial charge in [-0.2, -0.15) is 0 Å². The number of rotatable bonds is 4. The van der Waals surface area contributed by atoms with Gasteiger partial charge < -0.3 is 4.74 Å². The van der Waals surface area contributed by atoms with Gasteiger partial charge in [0.15, 0.2) is 5.52 Å². The average Bonchev–Trinajstić information content (AvgIpc) is 3.18. The lowest BCUT2D eigenvalue weighted by molar-refractivity contribution is 0.302. The van der Waals surface area contributed by atoms with E-state index in [0.29, 0.717) is 23.7 Å². The summed E-state index contributed by atoms with van der Waals surface area (Å²) in [5.41, 5.74) is 4.17. The molecule has 1 saturated carbocycles. The molecule has 0 bridgehead atoms. The highest BCUT2D eigenvalue weighted by Gasteiger charge is 2.23. The van der Waals surface area contributed by atoms with E-state index in [-0.39, 0.29) is 0 Å². The van der Waals surface area contributed by atoms with Crippen LogP contribution in [0.3, 0.4) is 0 Å². The summed E-state index contributed by atoms with van der Waals surface area (Å²) in [5.74, 6) is 0.840. The molecule has 6 nitrogen and oxygen atoms in total. The van der Waals surface area contributed by atoms with E-state index in [0.717, 1.165) is 35.5 Å². The Balaban J connectivity index is 1.56. The first-order valence-electron chi connectivity index (χ1n) is 6.98. The summed E-state index contributed by atoms with van der Waals surface area (Å²) in [6.45, 7) is 1.95. The molecule has 106 valence electrons. The van der Waals surface area contributed by atoms with Gasteiger partial charge in [0.05, 0.1) is 12.3 Å². The number of aryl methyl sites for hydroxylation is 1. The highest BCUT2D eigenvalue weighted by Crippen LogP contribution is 2.26. The fourth-order valence-electron chi connectivity index (χ4n) is 2.20. The molecule has 4 rings (SSSR count). The maximum Gasteiger partial charge on any atom is 0.224 e. The van der Waals surface area contributed by atoms with Gasteiger partial charge >= 0.3 is 0 Å². The topological polar surface area (TPSA) is 73.9 Å². The lowest BCUT2D eigenvalue weighted by atomic mass is 10.1. The van der Waals surface area contributed by atoms with E-state index >= 15 is 0 Å². The second-order valence-electron chi connectivity index (χ2n) is 5.32. The summed E-state index contributed by atoms with van der Waals surface area (Å²) in [6.07, 6.45) is 5.18. The van der Waals surface area contributed by atoms with Crippen molar-refractivity contribution in [2.45, 2.75) is 32.3 Å². The quantitative estimate of drug-likeness (QED) is 0.731. The van der Waals surface area contributed by atoms with Crippen LogP contribution in [-0.2, 0) is 6.42 Å². The number of hydrogen-bond donors (Lipinski definition) is 0. The van der Waals surface area contributed by atoms with Crippen molar-refractivity contribution in [1.29, 1.82) is 0 Å². The Bertz CT molecular complexity index is 778. The molecule has 21 heavy (non-hydrogen) atoms. The Hall–Kier alpha value is -2.50. The number of ether oxygens (including phenoxy) is 1. The second-order valence-corrected chi connectivity index (χ2v) is 5.32. The second kappa shape index (κ2) is 4.80. The molecule has 0 aromatic carbocycles. The predicted molar refractivity (Wildman–Crippen MR) is 75.0 cm³/mol. The molecule has 0 saturated heterocycles. The molecule has 0 unspecified atom stereocenters. The van der Waals surface area contributed by atoms with Gasteiger partial charge in [0.25, 0.3) is 0 Å². The molecule has 3 aromatic rings. The van der Waals surface area contributed by atoms with E-state index in [9.17, 15) is 0 Å². The molecule has 0 radical (unpaired) electrons. The zero-order valence-electron chi connectivity index (χ0n) is 11.6. The highest BCUT2D eigenvalue weighted by molar-refractivity contribution is 5.69. The summed E-state index contributed by atoms with van der Waals surface area (Å²) in [6, 6.07) is 5.91. The summed E-state index contributed by atoms with van der Waals surface area (Å²) in [4.78, 5) is 8.83. The van der Waals surface area contributed by atoms with E-state index in [2.05, 4.69) is 24.9 Å². The van der Waals surface area contributed by atoms with Crippen molar-refractivity contribution >= 4 is 11.2 Å². The van der Waals surface area contributed by atoms with Crippen LogP contribution in [0, 0.1) is 6.92 Å². The maximum atomic E-state index is 5.70. The normalized spacial score (nSPS) is 14.5. The summed E-state index contributed by atoms with van der Waals surface area (Å²) < 4.78 is 10.4. The molecule has 3 heterocycles. The molecule has 1 aliphatic carbocycles. The fraction of sp³-hybridized carbons (Fsp3) is 0.333. The molecule has 0 aliphatic heterocycles. The van der Waals surface area contributed by atoms with Crippen molar-refractivity contribution in [3.8, 4) is 5.75 Å². The van der Waals surface area contributed by atoms with Crippen molar-refractivity contribution in [2.24, 2.45) is 0 Å². The first kappa shape index (κ1) is 12.3. The molecule has 0 spiro atoms. The van der Waals surface area contributed by atoms with Crippen molar-refractivity contribution in [2.75, 3.05) is 0 Å². The summed E-state index contributed by atoms with van der Waals surface area (Å²) >= 11 is 0. The average molecular weight is 282 g/mol. The third-order valence-corrected chi connectivity index (χ3v) is 3.54. The van der Waals surface area contributed by atoms with Crippen LogP contribution < -0.4 is 4.74 Å². The number of pyridine rings is 2. The summed E-state index contributed by atoms with van der Waals surface area (Å²) in [5, 5.41) is 7.57. The van der Waals surface area contributed by atoms with Crippen LogP contribution in [-0.4, -0.2) is 26.4 Å². The molecule has 1 fully saturated rings. The molecular formula is C15H14N4O2. The van der Waals surface area contributed by atoms with Crippen LogP contribution in [0.1, 0.15) is 29.8 Å². The van der Waals surface area contributed by atoms with Crippen LogP contribution >= 0.6 is 0 Å². The lowest BCUT2D eigenvalue weighted by Crippen LogP contribution is -1.99. The Kier molecular flexibility index (Phi) is 2.80. The van der Waals surface area contributed by atoms with Gasteiger partial charge in [-0.25, -0.2) is 9.61 Å². The van der Waals surface area contributed by atoms with Gasteiger partial charge in [0, 0.05) is 17.8 Å². The zero-order valence-corrected chi connectivity index (χ0v) is 11.6. The van der Waals surface area contributed by atoms with Gasteiger partial charge in [-0.1, -0.05) is 0 Å². The number of aromatic nitrogens is 4. The van der Waals surface area contributed by atoms with Gasteiger partial charge in [-0.05, 0) is 53.8 Å². The minimum Gasteiger partial charge on any atom is -0.489 e. The van der Waals surface area contributed by atoms with E-state index in [1.807, 2.05) is 25.1 Å². The SMILES string of the molecule is Cc1nc2nonc2cc1Cc1ccc(OC2CC2)cn1. The third kappa shape index (κ3) is 2.56. The maximum absolute atomic E-state index is 5.70. The minimum absolute atomic E-state index is 0.395. The van der Waals surface area contributed by atoms with E-state index in [1.54, 1.807) is 6.20 Å². The van der Waals surface area contributed by atoms with Crippen LogP contribution in [0.25, 0.3) is 11.2 Å². The molecule has 3 aromatic heterocycles. The van der Waals surface area contributed by atoms with Crippen LogP contribution in [0.4, 0.5) is 0 Å². The minimum atomic E-state index is 0.395. The fourth-order valence-corrected chi connectivity index (χ4v) is 2.20. The Morgan fingerprint density at radius 1 is 1.29 bits per heavy atom. The lowest BCUT2D eigenvalue weighted by Gasteiger charge is -2.06. The van der Waals surface area contributed by atoms with Gasteiger partial charge in [0.1, 0.15) is 5.75 Å². The summed E-state index contributed by atoms with van der Waals surface area (Å²) in [7, 11) is 0. The van der Waals surface area contributed by atoms with Crippen molar-refractivity contribution in [3.05, 3.63) is 41.3 Å². The van der Waals surface area contributed by atoms with Crippen molar-refractivity contribution < 1.29 is 9.37 Å². The first-order chi connectivity index (χ1) is 10.3. The number of nitrogens with zero attached hydrogens (tertiary/aromatic N) is 4. The largest absolute Gasteiger partial charge is 0.489 e. The van der Waals surface area contributed by atoms with E-state index in [4.69, 9.17) is 4.74 Å². The van der Waals surface area contributed by atoms with Gasteiger partial charge in [-0.3, -0.25) is 4.98 Å². The van der Waals surface area contributed by atoms with Crippen LogP contribution in [0.2, 0.25) is 0 Å². The molecular weight excluding hydrogens is 268 g/mol.